The minimum absolute atomic E-state index is 0.242. The molecule has 2 aromatic carbocycles. The molecule has 0 aliphatic carbocycles. The van der Waals surface area contributed by atoms with Gasteiger partial charge in [-0.25, -0.2) is 4.98 Å². The van der Waals surface area contributed by atoms with Crippen LogP contribution in [0.2, 0.25) is 0 Å². The summed E-state index contributed by atoms with van der Waals surface area (Å²) in [6.07, 6.45) is 1.67. The maximum atomic E-state index is 13.4. The summed E-state index contributed by atoms with van der Waals surface area (Å²) in [6, 6.07) is 23.2. The third-order valence-electron chi connectivity index (χ3n) is 5.03. The van der Waals surface area contributed by atoms with Gasteiger partial charge in [-0.1, -0.05) is 53.2 Å². The third kappa shape index (κ3) is 4.64. The van der Waals surface area contributed by atoms with Gasteiger partial charge in [0.1, 0.15) is 5.82 Å². The molecular formula is C25H24N4O2. The molecule has 0 fully saturated rings. The lowest BCUT2D eigenvalue weighted by atomic mass is 10.1. The molecular weight excluding hydrogens is 388 g/mol. The molecule has 6 nitrogen and oxygen atoms in total. The van der Waals surface area contributed by atoms with Crippen molar-refractivity contribution >= 4 is 17.4 Å². The highest BCUT2D eigenvalue weighted by molar-refractivity contribution is 6.04. The summed E-state index contributed by atoms with van der Waals surface area (Å²) in [5.74, 6) is 0.848. The fraction of sp³-hybridized carbons (Fsp3) is 0.160. The quantitative estimate of drug-likeness (QED) is 0.448. The Morgan fingerprint density at radius 1 is 0.968 bits per heavy atom. The van der Waals surface area contributed by atoms with E-state index in [4.69, 9.17) is 4.52 Å². The first-order chi connectivity index (χ1) is 15.0. The number of benzene rings is 2. The number of hydrogen-bond donors (Lipinski definition) is 0. The first-order valence-electron chi connectivity index (χ1n) is 10.0. The Labute approximate surface area is 181 Å². The predicted molar refractivity (Wildman–Crippen MR) is 122 cm³/mol. The molecule has 156 valence electrons. The molecule has 0 saturated carbocycles. The zero-order chi connectivity index (χ0) is 21.8. The van der Waals surface area contributed by atoms with Gasteiger partial charge in [0.2, 0.25) is 0 Å². The first kappa shape index (κ1) is 20.3. The smallest absolute Gasteiger partial charge is 0.281 e. The van der Waals surface area contributed by atoms with Crippen molar-refractivity contribution in [3.63, 3.8) is 0 Å². The number of aromatic nitrogens is 2. The van der Waals surface area contributed by atoms with Crippen LogP contribution < -0.4 is 9.80 Å². The highest BCUT2D eigenvalue weighted by atomic mass is 16.5. The molecule has 2 heterocycles. The van der Waals surface area contributed by atoms with E-state index in [1.807, 2.05) is 92.6 Å². The molecule has 0 unspecified atom stereocenters. The van der Waals surface area contributed by atoms with Gasteiger partial charge in [0.05, 0.1) is 6.54 Å². The second-order valence-corrected chi connectivity index (χ2v) is 7.58. The minimum atomic E-state index is -0.266. The van der Waals surface area contributed by atoms with Crippen LogP contribution in [0.5, 0.6) is 0 Å². The number of amides is 1. The van der Waals surface area contributed by atoms with Gasteiger partial charge in [-0.2, -0.15) is 0 Å². The zero-order valence-electron chi connectivity index (χ0n) is 17.8. The monoisotopic (exact) mass is 412 g/mol. The Kier molecular flexibility index (Phi) is 5.80. The number of rotatable bonds is 6. The average Bonchev–Trinajstić information content (AvgIpc) is 3.29. The fourth-order valence-corrected chi connectivity index (χ4v) is 3.22. The highest BCUT2D eigenvalue weighted by Gasteiger charge is 2.23. The Balaban J connectivity index is 1.62. The molecule has 1 amide bonds. The number of carbonyl (C=O) groups excluding carboxylic acids is 1. The molecule has 0 radical (unpaired) electrons. The maximum Gasteiger partial charge on any atom is 0.281 e. The van der Waals surface area contributed by atoms with E-state index < -0.39 is 0 Å². The summed E-state index contributed by atoms with van der Waals surface area (Å²) >= 11 is 0. The number of nitrogens with zero attached hydrogens (tertiary/aromatic N) is 4. The van der Waals surface area contributed by atoms with Crippen molar-refractivity contribution in [2.45, 2.75) is 13.5 Å². The SMILES string of the molecule is Cc1ccc(-c2cc(C(=O)N(Cc3ccc(N(C)C)cc3)c3ccccn3)no2)cc1. The molecule has 0 atom stereocenters. The van der Waals surface area contributed by atoms with Crippen LogP contribution in [0.25, 0.3) is 11.3 Å². The third-order valence-corrected chi connectivity index (χ3v) is 5.03. The van der Waals surface area contributed by atoms with E-state index in [1.165, 1.54) is 0 Å². The van der Waals surface area contributed by atoms with Crippen molar-refractivity contribution in [2.75, 3.05) is 23.9 Å². The standard InChI is InChI=1S/C25H24N4O2/c1-18-7-11-20(12-8-18)23-16-22(27-31-23)25(30)29(24-6-4-5-15-26-24)17-19-9-13-21(14-10-19)28(2)3/h4-16H,17H2,1-3H3. The number of aryl methyl sites for hydroxylation is 1. The number of pyridine rings is 1. The maximum absolute atomic E-state index is 13.4. The second kappa shape index (κ2) is 8.83. The Bertz CT molecular complexity index is 1150. The van der Waals surface area contributed by atoms with Crippen LogP contribution >= 0.6 is 0 Å². The summed E-state index contributed by atoms with van der Waals surface area (Å²) < 4.78 is 5.47. The van der Waals surface area contributed by atoms with Crippen LogP contribution in [0.4, 0.5) is 11.5 Å². The number of carbonyl (C=O) groups is 1. The lowest BCUT2D eigenvalue weighted by Gasteiger charge is -2.21. The van der Waals surface area contributed by atoms with Crippen molar-refractivity contribution < 1.29 is 9.32 Å². The van der Waals surface area contributed by atoms with Gasteiger partial charge in [0, 0.05) is 37.6 Å². The first-order valence-corrected chi connectivity index (χ1v) is 10.0. The van der Waals surface area contributed by atoms with Crippen molar-refractivity contribution in [3.8, 4) is 11.3 Å². The summed E-state index contributed by atoms with van der Waals surface area (Å²) in [5.41, 5.74) is 4.36. The van der Waals surface area contributed by atoms with Crippen LogP contribution in [0.3, 0.4) is 0 Å². The highest BCUT2D eigenvalue weighted by Crippen LogP contribution is 2.24. The summed E-state index contributed by atoms with van der Waals surface area (Å²) in [6.45, 7) is 2.39. The van der Waals surface area contributed by atoms with E-state index in [0.717, 1.165) is 22.4 Å². The molecule has 0 spiro atoms. The predicted octanol–water partition coefficient (Wildman–Crippen LogP) is 4.96. The van der Waals surface area contributed by atoms with E-state index >= 15 is 0 Å². The van der Waals surface area contributed by atoms with Crippen LogP contribution in [-0.4, -0.2) is 30.1 Å². The topological polar surface area (TPSA) is 62.5 Å². The van der Waals surface area contributed by atoms with Gasteiger partial charge in [0.25, 0.3) is 5.91 Å². The van der Waals surface area contributed by atoms with Crippen molar-refractivity contribution in [1.29, 1.82) is 0 Å². The Hall–Kier alpha value is -3.93. The molecule has 0 bridgehead atoms. The van der Waals surface area contributed by atoms with Gasteiger partial charge in [-0.05, 0) is 36.8 Å². The molecule has 4 rings (SSSR count). The van der Waals surface area contributed by atoms with Gasteiger partial charge >= 0.3 is 0 Å². The largest absolute Gasteiger partial charge is 0.378 e. The van der Waals surface area contributed by atoms with Gasteiger partial charge in [0.15, 0.2) is 11.5 Å². The Morgan fingerprint density at radius 2 is 1.71 bits per heavy atom. The van der Waals surface area contributed by atoms with Crippen LogP contribution in [0, 0.1) is 6.92 Å². The lowest BCUT2D eigenvalue weighted by molar-refractivity contribution is 0.0975. The van der Waals surface area contributed by atoms with Crippen molar-refractivity contribution in [2.24, 2.45) is 0 Å². The van der Waals surface area contributed by atoms with E-state index in [9.17, 15) is 4.79 Å². The van der Waals surface area contributed by atoms with E-state index in [2.05, 4.69) is 10.1 Å². The molecule has 0 N–H and O–H groups in total. The Morgan fingerprint density at radius 3 is 2.35 bits per heavy atom. The molecule has 4 aromatic rings. The summed E-state index contributed by atoms with van der Waals surface area (Å²) in [5, 5.41) is 4.04. The lowest BCUT2D eigenvalue weighted by Crippen LogP contribution is -2.31. The van der Waals surface area contributed by atoms with Crippen molar-refractivity contribution in [3.05, 3.63) is 95.8 Å². The van der Waals surface area contributed by atoms with E-state index in [1.54, 1.807) is 17.2 Å². The van der Waals surface area contributed by atoms with Gasteiger partial charge in [-0.15, -0.1) is 0 Å². The molecule has 0 aliphatic rings. The van der Waals surface area contributed by atoms with Gasteiger partial charge in [-0.3, -0.25) is 9.69 Å². The molecule has 0 aliphatic heterocycles. The molecule has 0 saturated heterocycles. The van der Waals surface area contributed by atoms with E-state index in [0.29, 0.717) is 18.1 Å². The van der Waals surface area contributed by atoms with Gasteiger partial charge < -0.3 is 9.42 Å². The van der Waals surface area contributed by atoms with Crippen molar-refractivity contribution in [1.82, 2.24) is 10.1 Å². The normalized spacial score (nSPS) is 10.7. The number of hydrogen-bond acceptors (Lipinski definition) is 5. The second-order valence-electron chi connectivity index (χ2n) is 7.58. The van der Waals surface area contributed by atoms with Crippen LogP contribution in [0.1, 0.15) is 21.6 Å². The number of anilines is 2. The summed E-state index contributed by atoms with van der Waals surface area (Å²) in [4.78, 5) is 21.4. The van der Waals surface area contributed by atoms with E-state index in [-0.39, 0.29) is 11.6 Å². The minimum Gasteiger partial charge on any atom is -0.378 e. The molecule has 6 heteroatoms. The van der Waals surface area contributed by atoms with Crippen LogP contribution in [0.15, 0.2) is 83.5 Å². The van der Waals surface area contributed by atoms with Crippen LogP contribution in [-0.2, 0) is 6.54 Å². The average molecular weight is 412 g/mol. The molecule has 31 heavy (non-hydrogen) atoms. The summed E-state index contributed by atoms with van der Waals surface area (Å²) in [7, 11) is 3.99. The fourth-order valence-electron chi connectivity index (χ4n) is 3.22. The zero-order valence-corrected chi connectivity index (χ0v) is 17.8. The molecule has 2 aromatic heterocycles.